The molecule has 0 aliphatic carbocycles. The molecule has 82 valence electrons. The molecule has 0 unspecified atom stereocenters. The lowest BCUT2D eigenvalue weighted by atomic mass is 10.1. The van der Waals surface area contributed by atoms with Gasteiger partial charge in [-0.1, -0.05) is 0 Å². The Kier molecular flexibility index (Phi) is 3.13. The highest BCUT2D eigenvalue weighted by Gasteiger charge is 2.26. The lowest BCUT2D eigenvalue weighted by Gasteiger charge is -2.10. The first kappa shape index (κ1) is 11.3. The van der Waals surface area contributed by atoms with E-state index in [-0.39, 0.29) is 0 Å². The zero-order valence-electron chi connectivity index (χ0n) is 7.50. The quantitative estimate of drug-likeness (QED) is 0.846. The highest BCUT2D eigenvalue weighted by Crippen LogP contribution is 2.33. The van der Waals surface area contributed by atoms with Crippen molar-refractivity contribution in [2.24, 2.45) is 0 Å². The van der Waals surface area contributed by atoms with Gasteiger partial charge in [0, 0.05) is 0 Å². The van der Waals surface area contributed by atoms with Gasteiger partial charge in [0.2, 0.25) is 0 Å². The van der Waals surface area contributed by atoms with E-state index in [1.807, 2.05) is 0 Å². The summed E-state index contributed by atoms with van der Waals surface area (Å²) in [6.45, 7) is 0. The van der Waals surface area contributed by atoms with E-state index in [4.69, 9.17) is 5.11 Å². The van der Waals surface area contributed by atoms with Crippen molar-refractivity contribution in [1.82, 2.24) is 4.98 Å². The van der Waals surface area contributed by atoms with Gasteiger partial charge in [0.1, 0.15) is 0 Å². The molecular weight excluding hydrogens is 215 g/mol. The average molecular weight is 221 g/mol. The van der Waals surface area contributed by atoms with Gasteiger partial charge in [0.05, 0.1) is 18.9 Å². The zero-order chi connectivity index (χ0) is 11.6. The van der Waals surface area contributed by atoms with Crippen LogP contribution in [-0.2, 0) is 0 Å². The molecule has 0 saturated carbocycles. The number of rotatable bonds is 3. The van der Waals surface area contributed by atoms with Gasteiger partial charge in [0.25, 0.3) is 6.43 Å². The number of ether oxygens (including phenoxy) is 1. The van der Waals surface area contributed by atoms with Crippen LogP contribution in [-0.4, -0.2) is 23.2 Å². The molecule has 1 heterocycles. The number of nitrogens with zero attached hydrogens (tertiary/aromatic N) is 1. The van der Waals surface area contributed by atoms with E-state index < -0.39 is 35.2 Å². The third-order valence-electron chi connectivity index (χ3n) is 1.65. The summed E-state index contributed by atoms with van der Waals surface area (Å²) in [7, 11) is 0.968. The van der Waals surface area contributed by atoms with Gasteiger partial charge in [-0.3, -0.25) is 0 Å². The molecule has 0 aromatic carbocycles. The lowest BCUT2D eigenvalue weighted by molar-refractivity contribution is 0.0674. The van der Waals surface area contributed by atoms with Gasteiger partial charge in [-0.05, 0) is 0 Å². The third kappa shape index (κ3) is 2.00. The molecule has 1 N–H and O–H groups in total. The molecule has 0 aliphatic heterocycles. The minimum absolute atomic E-state index is 0.522. The largest absolute Gasteiger partial charge is 0.493 e. The van der Waals surface area contributed by atoms with Crippen LogP contribution >= 0.6 is 0 Å². The molecule has 0 fully saturated rings. The molecule has 0 amide bonds. The van der Waals surface area contributed by atoms with Crippen LogP contribution in [0.1, 0.15) is 22.5 Å². The molecule has 0 radical (unpaired) electrons. The SMILES string of the molecule is COc1c(F)cnc(C(=O)O)c1C(F)F. The number of pyridine rings is 1. The number of carbonyl (C=O) groups is 1. The van der Waals surface area contributed by atoms with Crippen molar-refractivity contribution in [2.45, 2.75) is 6.43 Å². The van der Waals surface area contributed by atoms with Gasteiger partial charge >= 0.3 is 5.97 Å². The average Bonchev–Trinajstić information content (AvgIpc) is 2.16. The first-order valence-electron chi connectivity index (χ1n) is 3.72. The van der Waals surface area contributed by atoms with Gasteiger partial charge in [-0.25, -0.2) is 22.9 Å². The topological polar surface area (TPSA) is 59.4 Å². The van der Waals surface area contributed by atoms with E-state index in [1.165, 1.54) is 0 Å². The summed E-state index contributed by atoms with van der Waals surface area (Å²) in [6, 6.07) is 0. The fourth-order valence-corrected chi connectivity index (χ4v) is 1.07. The Bertz CT molecular complexity index is 395. The number of hydrogen-bond donors (Lipinski definition) is 1. The standard InChI is InChI=1S/C8H6F3NO3/c1-15-6-3(9)2-12-5(8(13)14)4(6)7(10)11/h2,7H,1H3,(H,13,14). The predicted molar refractivity (Wildman–Crippen MR) is 42.7 cm³/mol. The van der Waals surface area contributed by atoms with E-state index in [0.29, 0.717) is 6.20 Å². The highest BCUT2D eigenvalue weighted by molar-refractivity contribution is 5.88. The van der Waals surface area contributed by atoms with Crippen LogP contribution in [0.5, 0.6) is 5.75 Å². The second-order valence-electron chi connectivity index (χ2n) is 2.51. The maximum absolute atomic E-state index is 12.9. The van der Waals surface area contributed by atoms with Crippen LogP contribution in [0.3, 0.4) is 0 Å². The minimum Gasteiger partial charge on any atom is -0.493 e. The summed E-state index contributed by atoms with van der Waals surface area (Å²) in [5.74, 6) is -3.58. The molecule has 4 nitrogen and oxygen atoms in total. The molecule has 0 aliphatic rings. The van der Waals surface area contributed by atoms with E-state index in [0.717, 1.165) is 7.11 Å². The van der Waals surface area contributed by atoms with Crippen molar-refractivity contribution in [3.8, 4) is 5.75 Å². The van der Waals surface area contributed by atoms with Gasteiger partial charge in [-0.2, -0.15) is 0 Å². The molecule has 15 heavy (non-hydrogen) atoms. The number of halogens is 3. The van der Waals surface area contributed by atoms with Crippen molar-refractivity contribution in [3.63, 3.8) is 0 Å². The van der Waals surface area contributed by atoms with Gasteiger partial charge in [-0.15, -0.1) is 0 Å². The summed E-state index contributed by atoms with van der Waals surface area (Å²) in [4.78, 5) is 13.6. The Morgan fingerprint density at radius 2 is 2.20 bits per heavy atom. The van der Waals surface area contributed by atoms with Crippen LogP contribution in [0.25, 0.3) is 0 Å². The maximum Gasteiger partial charge on any atom is 0.355 e. The maximum atomic E-state index is 12.9. The van der Waals surface area contributed by atoms with Crippen molar-refractivity contribution in [3.05, 3.63) is 23.3 Å². The fourth-order valence-electron chi connectivity index (χ4n) is 1.07. The summed E-state index contributed by atoms with van der Waals surface area (Å²) < 4.78 is 42.2. The Balaban J connectivity index is 3.49. The normalized spacial score (nSPS) is 10.5. The molecule has 0 atom stereocenters. The molecular formula is C8H6F3NO3. The first-order valence-corrected chi connectivity index (χ1v) is 3.72. The zero-order valence-corrected chi connectivity index (χ0v) is 7.50. The monoisotopic (exact) mass is 221 g/mol. The molecule has 1 aromatic rings. The number of aromatic nitrogens is 1. The van der Waals surface area contributed by atoms with E-state index in [1.54, 1.807) is 0 Å². The predicted octanol–water partition coefficient (Wildman–Crippen LogP) is 1.87. The van der Waals surface area contributed by atoms with Crippen LogP contribution in [0.2, 0.25) is 0 Å². The number of alkyl halides is 2. The Labute approximate surface area is 82.3 Å². The Morgan fingerprint density at radius 1 is 1.60 bits per heavy atom. The third-order valence-corrected chi connectivity index (χ3v) is 1.65. The molecule has 1 aromatic heterocycles. The smallest absolute Gasteiger partial charge is 0.355 e. The van der Waals surface area contributed by atoms with Crippen LogP contribution in [0.15, 0.2) is 6.20 Å². The molecule has 0 saturated heterocycles. The number of hydrogen-bond acceptors (Lipinski definition) is 3. The van der Waals surface area contributed by atoms with E-state index in [2.05, 4.69) is 9.72 Å². The summed E-state index contributed by atoms with van der Waals surface area (Å²) in [5.41, 5.74) is -1.96. The van der Waals surface area contributed by atoms with E-state index >= 15 is 0 Å². The van der Waals surface area contributed by atoms with Crippen molar-refractivity contribution in [1.29, 1.82) is 0 Å². The molecule has 0 bridgehead atoms. The van der Waals surface area contributed by atoms with Gasteiger partial charge in [0.15, 0.2) is 17.3 Å². The van der Waals surface area contributed by atoms with Crippen LogP contribution in [0.4, 0.5) is 13.2 Å². The van der Waals surface area contributed by atoms with Crippen LogP contribution in [0, 0.1) is 5.82 Å². The highest BCUT2D eigenvalue weighted by atomic mass is 19.3. The second-order valence-corrected chi connectivity index (χ2v) is 2.51. The van der Waals surface area contributed by atoms with Crippen molar-refractivity contribution in [2.75, 3.05) is 7.11 Å². The first-order chi connectivity index (χ1) is 6.99. The summed E-state index contributed by atoms with van der Waals surface area (Å²) in [6.07, 6.45) is -2.65. The summed E-state index contributed by atoms with van der Waals surface area (Å²) in [5, 5.41) is 8.55. The molecule has 7 heteroatoms. The fraction of sp³-hybridized carbons (Fsp3) is 0.250. The number of carboxylic acid groups (broad SMARTS) is 1. The van der Waals surface area contributed by atoms with Crippen molar-refractivity contribution < 1.29 is 27.8 Å². The molecule has 1 rings (SSSR count). The van der Waals surface area contributed by atoms with E-state index in [9.17, 15) is 18.0 Å². The summed E-state index contributed by atoms with van der Waals surface area (Å²) >= 11 is 0. The Hall–Kier alpha value is -1.79. The number of aromatic carboxylic acids is 1. The lowest BCUT2D eigenvalue weighted by Crippen LogP contribution is -2.09. The number of carboxylic acids is 1. The number of methoxy groups -OCH3 is 1. The Morgan fingerprint density at radius 3 is 2.60 bits per heavy atom. The van der Waals surface area contributed by atoms with Crippen LogP contribution < -0.4 is 4.74 Å². The minimum atomic E-state index is -3.17. The van der Waals surface area contributed by atoms with Gasteiger partial charge < -0.3 is 9.84 Å². The molecule has 0 spiro atoms. The second kappa shape index (κ2) is 4.16. The van der Waals surface area contributed by atoms with Crippen molar-refractivity contribution >= 4 is 5.97 Å².